The maximum atomic E-state index is 12.2. The summed E-state index contributed by atoms with van der Waals surface area (Å²) >= 11 is 1.49. The van der Waals surface area contributed by atoms with E-state index in [-0.39, 0.29) is 17.9 Å². The largest absolute Gasteiger partial charge is 0.483 e. The van der Waals surface area contributed by atoms with Crippen molar-refractivity contribution in [2.75, 3.05) is 11.9 Å². The fourth-order valence-electron chi connectivity index (χ4n) is 2.76. The average Bonchev–Trinajstić information content (AvgIpc) is 2.94. The van der Waals surface area contributed by atoms with Gasteiger partial charge in [-0.15, -0.1) is 0 Å². The number of aromatic nitrogens is 1. The Kier molecular flexibility index (Phi) is 5.01. The Balaban J connectivity index is 1.69. The van der Waals surface area contributed by atoms with Crippen molar-refractivity contribution >= 4 is 32.6 Å². The lowest BCUT2D eigenvalue weighted by Gasteiger charge is -2.18. The average molecular weight is 369 g/mol. The second kappa shape index (κ2) is 7.08. The number of carbonyl (C=O) groups excluding carboxylic acids is 1. The number of benzene rings is 2. The number of carbonyl (C=O) groups is 1. The van der Waals surface area contributed by atoms with Crippen LogP contribution in [0.4, 0.5) is 5.13 Å². The van der Waals surface area contributed by atoms with Gasteiger partial charge in [-0.25, -0.2) is 4.98 Å². The van der Waals surface area contributed by atoms with Gasteiger partial charge in [-0.2, -0.15) is 0 Å². The quantitative estimate of drug-likeness (QED) is 0.686. The molecule has 0 radical (unpaired) electrons. The van der Waals surface area contributed by atoms with Gasteiger partial charge in [0.2, 0.25) is 0 Å². The molecule has 0 aliphatic rings. The Labute approximate surface area is 158 Å². The molecule has 3 aromatic rings. The van der Waals surface area contributed by atoms with Gasteiger partial charge in [0.1, 0.15) is 5.75 Å². The van der Waals surface area contributed by atoms with E-state index in [0.29, 0.717) is 5.13 Å². The molecule has 1 N–H and O–H groups in total. The van der Waals surface area contributed by atoms with Crippen LogP contribution in [-0.4, -0.2) is 17.5 Å². The number of hydrogen-bond donors (Lipinski definition) is 1. The lowest BCUT2D eigenvalue weighted by atomic mass is 9.87. The van der Waals surface area contributed by atoms with E-state index in [2.05, 4.69) is 43.2 Å². The third-order valence-corrected chi connectivity index (χ3v) is 5.19. The number of nitrogens with zero attached hydrogens (tertiary/aromatic N) is 1. The summed E-state index contributed by atoms with van der Waals surface area (Å²) in [6.45, 7) is 10.5. The number of anilines is 1. The molecule has 0 bridgehead atoms. The topological polar surface area (TPSA) is 51.2 Å². The molecule has 136 valence electrons. The summed E-state index contributed by atoms with van der Waals surface area (Å²) in [4.78, 5) is 16.7. The van der Waals surface area contributed by atoms with Crippen LogP contribution in [0.5, 0.6) is 5.75 Å². The molecule has 2 aromatic carbocycles. The first-order chi connectivity index (χ1) is 12.2. The van der Waals surface area contributed by atoms with E-state index in [9.17, 15) is 4.79 Å². The second-order valence-corrected chi connectivity index (χ2v) is 8.54. The van der Waals surface area contributed by atoms with Gasteiger partial charge in [0.05, 0.1) is 10.2 Å². The van der Waals surface area contributed by atoms with Gasteiger partial charge < -0.3 is 4.74 Å². The number of thiazole rings is 1. The molecule has 1 amide bonds. The Morgan fingerprint density at radius 2 is 1.85 bits per heavy atom. The van der Waals surface area contributed by atoms with Crippen LogP contribution < -0.4 is 10.1 Å². The summed E-state index contributed by atoms with van der Waals surface area (Å²) in [6, 6.07) is 12.2. The van der Waals surface area contributed by atoms with Crippen molar-refractivity contribution in [2.45, 2.75) is 40.0 Å². The molecular weight excluding hydrogens is 344 g/mol. The molecule has 4 nitrogen and oxygen atoms in total. The molecule has 3 rings (SSSR count). The van der Waals surface area contributed by atoms with Gasteiger partial charge in [-0.05, 0) is 48.1 Å². The van der Waals surface area contributed by atoms with Crippen molar-refractivity contribution < 1.29 is 9.53 Å². The highest BCUT2D eigenvalue weighted by Gasteiger charge is 2.16. The molecule has 0 spiro atoms. The zero-order valence-corrected chi connectivity index (χ0v) is 16.7. The van der Waals surface area contributed by atoms with E-state index in [0.717, 1.165) is 27.1 Å². The van der Waals surface area contributed by atoms with Crippen LogP contribution in [0.25, 0.3) is 10.2 Å². The Bertz CT molecular complexity index is 934. The third kappa shape index (κ3) is 4.05. The van der Waals surface area contributed by atoms with E-state index < -0.39 is 0 Å². The van der Waals surface area contributed by atoms with Crippen molar-refractivity contribution in [1.82, 2.24) is 4.98 Å². The molecule has 5 heteroatoms. The first-order valence-electron chi connectivity index (χ1n) is 8.64. The molecule has 0 saturated heterocycles. The van der Waals surface area contributed by atoms with Gasteiger partial charge in [0.25, 0.3) is 5.91 Å². The van der Waals surface area contributed by atoms with Crippen LogP contribution in [-0.2, 0) is 10.2 Å². The van der Waals surface area contributed by atoms with Gasteiger partial charge in [0, 0.05) is 0 Å². The minimum atomic E-state index is -0.206. The molecule has 0 aliphatic heterocycles. The normalized spacial score (nSPS) is 11.6. The molecule has 26 heavy (non-hydrogen) atoms. The van der Waals surface area contributed by atoms with Crippen LogP contribution >= 0.6 is 11.3 Å². The molecule has 0 fully saturated rings. The summed E-state index contributed by atoms with van der Waals surface area (Å²) in [5.74, 6) is 0.560. The van der Waals surface area contributed by atoms with Crippen LogP contribution in [0.1, 0.15) is 37.5 Å². The molecular formula is C21H24N2O2S. The highest BCUT2D eigenvalue weighted by atomic mass is 32.1. The van der Waals surface area contributed by atoms with Crippen molar-refractivity contribution in [3.8, 4) is 5.75 Å². The molecule has 1 heterocycles. The van der Waals surface area contributed by atoms with Crippen LogP contribution in [0.3, 0.4) is 0 Å². The van der Waals surface area contributed by atoms with Crippen molar-refractivity contribution in [2.24, 2.45) is 0 Å². The number of ether oxygens (including phenoxy) is 1. The Hall–Kier alpha value is -2.40. The molecule has 0 aliphatic carbocycles. The number of amides is 1. The minimum Gasteiger partial charge on any atom is -0.483 e. The maximum absolute atomic E-state index is 12.2. The summed E-state index contributed by atoms with van der Waals surface area (Å²) in [7, 11) is 0. The summed E-state index contributed by atoms with van der Waals surface area (Å²) < 4.78 is 6.78. The Morgan fingerprint density at radius 1 is 1.15 bits per heavy atom. The predicted octanol–water partition coefficient (Wildman–Crippen LogP) is 5.23. The molecule has 0 unspecified atom stereocenters. The minimum absolute atomic E-state index is 0.0329. The SMILES string of the molecule is Cc1cccc(C)c1OCC(=O)Nc1nc2ccc(C(C)(C)C)cc2s1. The van der Waals surface area contributed by atoms with E-state index in [1.807, 2.05) is 38.1 Å². The zero-order chi connectivity index (χ0) is 18.9. The smallest absolute Gasteiger partial charge is 0.264 e. The number of rotatable bonds is 4. The highest BCUT2D eigenvalue weighted by molar-refractivity contribution is 7.22. The van der Waals surface area contributed by atoms with E-state index in [4.69, 9.17) is 4.74 Å². The lowest BCUT2D eigenvalue weighted by molar-refractivity contribution is -0.118. The summed E-state index contributed by atoms with van der Waals surface area (Å²) in [5.41, 5.74) is 4.28. The number of hydrogen-bond acceptors (Lipinski definition) is 4. The van der Waals surface area contributed by atoms with Gasteiger partial charge >= 0.3 is 0 Å². The van der Waals surface area contributed by atoms with Crippen LogP contribution in [0, 0.1) is 13.8 Å². The monoisotopic (exact) mass is 368 g/mol. The zero-order valence-electron chi connectivity index (χ0n) is 15.8. The lowest BCUT2D eigenvalue weighted by Crippen LogP contribution is -2.20. The Morgan fingerprint density at radius 3 is 2.50 bits per heavy atom. The number of aryl methyl sites for hydroxylation is 2. The molecule has 1 aromatic heterocycles. The van der Waals surface area contributed by atoms with Crippen LogP contribution in [0.15, 0.2) is 36.4 Å². The molecule has 0 atom stereocenters. The van der Waals surface area contributed by atoms with Gasteiger partial charge in [0.15, 0.2) is 11.7 Å². The maximum Gasteiger partial charge on any atom is 0.264 e. The predicted molar refractivity (Wildman–Crippen MR) is 108 cm³/mol. The van der Waals surface area contributed by atoms with Gasteiger partial charge in [-0.1, -0.05) is 56.4 Å². The first kappa shape index (κ1) is 18.4. The van der Waals surface area contributed by atoms with E-state index >= 15 is 0 Å². The number of nitrogens with one attached hydrogen (secondary N) is 1. The third-order valence-electron chi connectivity index (χ3n) is 4.26. The molecule has 0 saturated carbocycles. The fourth-order valence-corrected chi connectivity index (χ4v) is 3.69. The van der Waals surface area contributed by atoms with Crippen molar-refractivity contribution in [1.29, 1.82) is 0 Å². The highest BCUT2D eigenvalue weighted by Crippen LogP contribution is 2.31. The summed E-state index contributed by atoms with van der Waals surface area (Å²) in [5, 5.41) is 3.44. The van der Waals surface area contributed by atoms with E-state index in [1.54, 1.807) is 0 Å². The van der Waals surface area contributed by atoms with Gasteiger partial charge in [-0.3, -0.25) is 10.1 Å². The second-order valence-electron chi connectivity index (χ2n) is 7.51. The number of fused-ring (bicyclic) bond motifs is 1. The first-order valence-corrected chi connectivity index (χ1v) is 9.45. The standard InChI is InChI=1S/C21H24N2O2S/c1-13-7-6-8-14(2)19(13)25-12-18(24)23-20-22-16-10-9-15(21(3,4)5)11-17(16)26-20/h6-11H,12H2,1-5H3,(H,22,23,24). The van der Waals surface area contributed by atoms with Crippen molar-refractivity contribution in [3.05, 3.63) is 53.1 Å². The van der Waals surface area contributed by atoms with E-state index in [1.165, 1.54) is 16.9 Å². The van der Waals surface area contributed by atoms with Crippen molar-refractivity contribution in [3.63, 3.8) is 0 Å². The summed E-state index contributed by atoms with van der Waals surface area (Å²) in [6.07, 6.45) is 0. The fraction of sp³-hybridized carbons (Fsp3) is 0.333. The van der Waals surface area contributed by atoms with Crippen LogP contribution in [0.2, 0.25) is 0 Å². The number of para-hydroxylation sites is 1.